The molecule has 0 N–H and O–H groups in total. The molecule has 0 saturated heterocycles. The maximum Gasteiger partial charge on any atom is 0.0938 e. The van der Waals surface area contributed by atoms with Crippen molar-refractivity contribution in [3.8, 4) is 11.1 Å². The molecule has 2 aromatic carbocycles. The third-order valence-corrected chi connectivity index (χ3v) is 3.35. The summed E-state index contributed by atoms with van der Waals surface area (Å²) in [5.74, 6) is 0. The Bertz CT molecular complexity index is 681. The van der Waals surface area contributed by atoms with Crippen molar-refractivity contribution in [3.63, 3.8) is 0 Å². The van der Waals surface area contributed by atoms with Crippen molar-refractivity contribution in [3.05, 3.63) is 59.3 Å². The maximum absolute atomic E-state index is 4.28. The second-order valence-corrected chi connectivity index (χ2v) is 4.39. The summed E-state index contributed by atoms with van der Waals surface area (Å²) in [6.45, 7) is 0. The fourth-order valence-corrected chi connectivity index (χ4v) is 2.44. The highest BCUT2D eigenvalue weighted by Crippen LogP contribution is 2.45. The Kier molecular flexibility index (Phi) is 1.64. The van der Waals surface area contributed by atoms with E-state index in [4.69, 9.17) is 0 Å². The van der Waals surface area contributed by atoms with Crippen LogP contribution in [0.5, 0.6) is 0 Å². The molecule has 0 radical (unpaired) electrons. The van der Waals surface area contributed by atoms with E-state index in [0.29, 0.717) is 0 Å². The molecule has 0 amide bonds. The Morgan fingerprint density at radius 1 is 1.00 bits per heavy atom. The summed E-state index contributed by atoms with van der Waals surface area (Å²) < 4.78 is 0. The van der Waals surface area contributed by atoms with Crippen LogP contribution < -0.4 is 0 Å². The van der Waals surface area contributed by atoms with Crippen molar-refractivity contribution in [2.24, 2.45) is 10.2 Å². The van der Waals surface area contributed by atoms with E-state index in [2.05, 4.69) is 46.6 Å². The zero-order valence-corrected chi connectivity index (χ0v) is 9.22. The highest BCUT2D eigenvalue weighted by molar-refractivity contribution is 5.88. The Labute approximate surface area is 99.3 Å². The van der Waals surface area contributed by atoms with E-state index in [9.17, 15) is 0 Å². The summed E-state index contributed by atoms with van der Waals surface area (Å²) in [7, 11) is 0. The Morgan fingerprint density at radius 2 is 1.94 bits per heavy atom. The largest absolute Gasteiger partial charge is 0.159 e. The molecule has 0 fully saturated rings. The fourth-order valence-electron chi connectivity index (χ4n) is 2.44. The van der Waals surface area contributed by atoms with Crippen LogP contribution in [0.3, 0.4) is 0 Å². The van der Waals surface area contributed by atoms with Crippen LogP contribution in [-0.4, -0.2) is 0 Å². The SMILES string of the molecule is C1=C\c2ccccc2-c2c(ccc3c2C3)N=N/1. The molecular formula is C15H10N2. The number of nitrogens with zero attached hydrogens (tertiary/aromatic N) is 2. The summed E-state index contributed by atoms with van der Waals surface area (Å²) >= 11 is 0. The van der Waals surface area contributed by atoms with Crippen LogP contribution in [0.1, 0.15) is 16.7 Å². The van der Waals surface area contributed by atoms with Gasteiger partial charge in [0.15, 0.2) is 0 Å². The lowest BCUT2D eigenvalue weighted by Gasteiger charge is -2.09. The standard InChI is InChI=1S/C15H10N2/c1-2-4-12-10(3-1)7-8-16-17-14-6-5-11-9-13(11)15(12)14/h1-8H,9H2/b8-7-,10-7?,15-12?,16-8?,17-14?,17-16?. The first kappa shape index (κ1) is 8.88. The predicted molar refractivity (Wildman–Crippen MR) is 68.2 cm³/mol. The summed E-state index contributed by atoms with van der Waals surface area (Å²) in [6, 6.07) is 12.7. The van der Waals surface area contributed by atoms with Gasteiger partial charge in [-0.1, -0.05) is 30.3 Å². The highest BCUT2D eigenvalue weighted by atomic mass is 15.1. The van der Waals surface area contributed by atoms with Gasteiger partial charge in [-0.05, 0) is 40.8 Å². The van der Waals surface area contributed by atoms with E-state index in [0.717, 1.165) is 12.1 Å². The molecule has 0 unspecified atom stereocenters. The van der Waals surface area contributed by atoms with E-state index >= 15 is 0 Å². The maximum atomic E-state index is 4.28. The van der Waals surface area contributed by atoms with Gasteiger partial charge in [-0.3, -0.25) is 0 Å². The molecule has 2 aliphatic rings. The van der Waals surface area contributed by atoms with Crippen LogP contribution in [-0.2, 0) is 6.42 Å². The number of benzene rings is 2. The van der Waals surface area contributed by atoms with Crippen molar-refractivity contribution in [1.82, 2.24) is 0 Å². The molecule has 1 heterocycles. The molecule has 2 nitrogen and oxygen atoms in total. The predicted octanol–water partition coefficient (Wildman–Crippen LogP) is 4.33. The van der Waals surface area contributed by atoms with E-state index in [1.165, 1.54) is 27.8 Å². The summed E-state index contributed by atoms with van der Waals surface area (Å²) in [4.78, 5) is 0. The van der Waals surface area contributed by atoms with Crippen molar-refractivity contribution in [2.45, 2.75) is 6.42 Å². The molecule has 0 saturated carbocycles. The van der Waals surface area contributed by atoms with Gasteiger partial charge in [0.25, 0.3) is 0 Å². The number of hydrogen-bond acceptors (Lipinski definition) is 2. The van der Waals surface area contributed by atoms with E-state index in [1.807, 2.05) is 6.08 Å². The molecular weight excluding hydrogens is 208 g/mol. The van der Waals surface area contributed by atoms with Crippen molar-refractivity contribution < 1.29 is 0 Å². The van der Waals surface area contributed by atoms with Gasteiger partial charge in [0.1, 0.15) is 0 Å². The first-order valence-corrected chi connectivity index (χ1v) is 5.75. The van der Waals surface area contributed by atoms with Crippen molar-refractivity contribution in [1.29, 1.82) is 0 Å². The average molecular weight is 218 g/mol. The third kappa shape index (κ3) is 1.27. The van der Waals surface area contributed by atoms with Gasteiger partial charge >= 0.3 is 0 Å². The number of fused-ring (bicyclic) bond motifs is 5. The highest BCUT2D eigenvalue weighted by Gasteiger charge is 2.25. The van der Waals surface area contributed by atoms with Crippen LogP contribution in [0.15, 0.2) is 52.8 Å². The van der Waals surface area contributed by atoms with E-state index in [1.54, 1.807) is 6.20 Å². The zero-order chi connectivity index (χ0) is 11.2. The molecule has 1 aliphatic carbocycles. The fraction of sp³-hybridized carbons (Fsp3) is 0.0667. The number of azo groups is 1. The van der Waals surface area contributed by atoms with Gasteiger partial charge in [0, 0.05) is 5.56 Å². The average Bonchev–Trinajstić information content (AvgIpc) is 3.10. The monoisotopic (exact) mass is 218 g/mol. The normalized spacial score (nSPS) is 16.2. The minimum atomic E-state index is 0.984. The molecule has 0 atom stereocenters. The van der Waals surface area contributed by atoms with Crippen LogP contribution in [0.2, 0.25) is 0 Å². The summed E-state index contributed by atoms with van der Waals surface area (Å²) in [5, 5.41) is 8.36. The first-order valence-electron chi connectivity index (χ1n) is 5.75. The molecule has 0 bridgehead atoms. The van der Waals surface area contributed by atoms with Gasteiger partial charge in [-0.2, -0.15) is 10.2 Å². The molecule has 2 aromatic rings. The van der Waals surface area contributed by atoms with Gasteiger partial charge < -0.3 is 0 Å². The lowest BCUT2D eigenvalue weighted by molar-refractivity contribution is 1.23. The second kappa shape index (κ2) is 3.14. The third-order valence-electron chi connectivity index (χ3n) is 3.35. The van der Waals surface area contributed by atoms with Crippen LogP contribution >= 0.6 is 0 Å². The van der Waals surface area contributed by atoms with E-state index in [-0.39, 0.29) is 0 Å². The summed E-state index contributed by atoms with van der Waals surface area (Å²) in [6.07, 6.45) is 4.87. The van der Waals surface area contributed by atoms with Crippen LogP contribution in [0.25, 0.3) is 17.2 Å². The van der Waals surface area contributed by atoms with E-state index < -0.39 is 0 Å². The topological polar surface area (TPSA) is 24.7 Å². The Balaban J connectivity index is 2.11. The minimum Gasteiger partial charge on any atom is -0.159 e. The lowest BCUT2D eigenvalue weighted by Crippen LogP contribution is -1.85. The first-order chi connectivity index (χ1) is 8.43. The molecule has 4 rings (SSSR count). The summed E-state index contributed by atoms with van der Waals surface area (Å²) in [5.41, 5.74) is 7.62. The molecule has 80 valence electrons. The number of rotatable bonds is 0. The lowest BCUT2D eigenvalue weighted by atomic mass is 9.97. The molecule has 1 aliphatic heterocycles. The smallest absolute Gasteiger partial charge is 0.0938 e. The van der Waals surface area contributed by atoms with Crippen LogP contribution in [0.4, 0.5) is 5.69 Å². The molecule has 0 aromatic heterocycles. The van der Waals surface area contributed by atoms with Gasteiger partial charge in [-0.25, -0.2) is 0 Å². The molecule has 17 heavy (non-hydrogen) atoms. The number of hydrogen-bond donors (Lipinski definition) is 0. The van der Waals surface area contributed by atoms with Crippen LogP contribution in [0, 0.1) is 0 Å². The zero-order valence-electron chi connectivity index (χ0n) is 9.22. The molecule has 0 spiro atoms. The Hall–Kier alpha value is -2.22. The van der Waals surface area contributed by atoms with Gasteiger partial charge in [0.2, 0.25) is 0 Å². The quantitative estimate of drug-likeness (QED) is 0.536. The second-order valence-electron chi connectivity index (χ2n) is 4.39. The van der Waals surface area contributed by atoms with Crippen molar-refractivity contribution in [2.75, 3.05) is 0 Å². The molecule has 2 heteroatoms. The Morgan fingerprint density at radius 3 is 2.94 bits per heavy atom. The van der Waals surface area contributed by atoms with Gasteiger partial charge in [0.05, 0.1) is 11.9 Å². The van der Waals surface area contributed by atoms with Gasteiger partial charge in [-0.15, -0.1) is 0 Å². The van der Waals surface area contributed by atoms with Crippen molar-refractivity contribution >= 4 is 11.8 Å². The minimum absolute atomic E-state index is 0.984.